The fourth-order valence-corrected chi connectivity index (χ4v) is 6.42. The fourth-order valence-electron chi connectivity index (χ4n) is 6.42. The van der Waals surface area contributed by atoms with Crippen LogP contribution in [0.2, 0.25) is 0 Å². The molecule has 6 heterocycles. The Hall–Kier alpha value is -4.47. The van der Waals surface area contributed by atoms with Gasteiger partial charge in [0.25, 0.3) is 5.91 Å². The van der Waals surface area contributed by atoms with Crippen LogP contribution in [0.1, 0.15) is 43.0 Å². The number of pyridine rings is 1. The fraction of sp³-hybridized carbons (Fsp3) is 0.333. The number of likely N-dealkylation sites (tertiary alicyclic amines) is 1. The van der Waals surface area contributed by atoms with Crippen LogP contribution in [0, 0.1) is 5.82 Å². The Morgan fingerprint density at radius 2 is 1.80 bits per heavy atom. The number of rotatable bonds is 2. The zero-order valence-corrected chi connectivity index (χ0v) is 22.3. The Bertz CT molecular complexity index is 1740. The molecule has 204 valence electrons. The van der Waals surface area contributed by atoms with Crippen LogP contribution in [0.15, 0.2) is 48.9 Å². The topological polar surface area (TPSA) is 83.2 Å². The molecule has 0 saturated carbocycles. The first kappa shape index (κ1) is 24.6. The Morgan fingerprint density at radius 1 is 0.975 bits per heavy atom. The minimum Gasteiger partial charge on any atom is -0.345 e. The Kier molecular flexibility index (Phi) is 5.72. The number of hydrogen-bond acceptors (Lipinski definition) is 4. The normalized spacial score (nSPS) is 17.9. The Labute approximate surface area is 230 Å². The van der Waals surface area contributed by atoms with Gasteiger partial charge in [-0.05, 0) is 49.1 Å². The molecule has 10 heteroatoms. The predicted octanol–water partition coefficient (Wildman–Crippen LogP) is 4.15. The van der Waals surface area contributed by atoms with Crippen molar-refractivity contribution in [2.24, 2.45) is 0 Å². The lowest BCUT2D eigenvalue weighted by Crippen LogP contribution is -2.45. The van der Waals surface area contributed by atoms with E-state index in [4.69, 9.17) is 0 Å². The number of imidazole rings is 1. The van der Waals surface area contributed by atoms with Crippen molar-refractivity contribution in [1.29, 1.82) is 0 Å². The molecule has 0 unspecified atom stereocenters. The number of imide groups is 1. The number of halogens is 1. The highest BCUT2D eigenvalue weighted by molar-refractivity contribution is 6.35. The second-order valence-electron chi connectivity index (χ2n) is 10.8. The first-order chi connectivity index (χ1) is 19.4. The van der Waals surface area contributed by atoms with Crippen LogP contribution in [0.25, 0.3) is 27.7 Å². The van der Waals surface area contributed by atoms with Crippen LogP contribution in [0.3, 0.4) is 0 Å². The largest absolute Gasteiger partial charge is 0.345 e. The van der Waals surface area contributed by atoms with Gasteiger partial charge >= 0.3 is 6.03 Å². The van der Waals surface area contributed by atoms with E-state index in [0.29, 0.717) is 53.0 Å². The maximum atomic E-state index is 15.2. The minimum atomic E-state index is -0.431. The Morgan fingerprint density at radius 3 is 2.60 bits per heavy atom. The van der Waals surface area contributed by atoms with Crippen LogP contribution in [-0.2, 0) is 22.7 Å². The molecule has 0 spiro atoms. The van der Waals surface area contributed by atoms with Gasteiger partial charge in [-0.3, -0.25) is 18.9 Å². The van der Waals surface area contributed by atoms with Gasteiger partial charge in [-0.15, -0.1) is 0 Å². The number of carbonyl (C=O) groups is 3. The van der Waals surface area contributed by atoms with Crippen molar-refractivity contribution in [1.82, 2.24) is 28.7 Å². The van der Waals surface area contributed by atoms with E-state index in [1.807, 2.05) is 44.5 Å². The molecule has 4 amide bonds. The van der Waals surface area contributed by atoms with E-state index in [2.05, 4.69) is 4.98 Å². The Balaban J connectivity index is 1.37. The maximum Gasteiger partial charge on any atom is 0.320 e. The lowest BCUT2D eigenvalue weighted by molar-refractivity contribution is -0.138. The van der Waals surface area contributed by atoms with Gasteiger partial charge in [0.05, 0.1) is 29.5 Å². The zero-order chi connectivity index (χ0) is 27.5. The van der Waals surface area contributed by atoms with Crippen LogP contribution in [-0.4, -0.2) is 72.7 Å². The quantitative estimate of drug-likeness (QED) is 0.383. The standard InChI is InChI=1S/C30H29FN6O3/c1-19(38)37-18-24(25-15-32-26-7-3-6-10-36(25)26)27(29(37)39)23-17-34-11-12-35(30(40)33-8-4-2-5-9-33)16-20-13-21(31)14-22(23)28(20)34/h3,6-7,10,13-15,17H,2,4-5,8-9,11-12,16,18H2,1H3. The first-order valence-corrected chi connectivity index (χ1v) is 13.7. The third kappa shape index (κ3) is 3.81. The summed E-state index contributed by atoms with van der Waals surface area (Å²) in [5.41, 5.74) is 4.58. The van der Waals surface area contributed by atoms with Crippen molar-refractivity contribution in [2.45, 2.75) is 39.3 Å². The molecule has 3 aliphatic rings. The molecule has 4 aromatic rings. The third-order valence-corrected chi connectivity index (χ3v) is 8.34. The van der Waals surface area contributed by atoms with Gasteiger partial charge in [-0.25, -0.2) is 14.2 Å². The second kappa shape index (κ2) is 9.32. The van der Waals surface area contributed by atoms with E-state index in [0.717, 1.165) is 43.5 Å². The molecule has 0 atom stereocenters. The summed E-state index contributed by atoms with van der Waals surface area (Å²) in [4.78, 5) is 49.0. The van der Waals surface area contributed by atoms with Crippen LogP contribution in [0.5, 0.6) is 0 Å². The molecule has 9 nitrogen and oxygen atoms in total. The number of aromatic nitrogens is 3. The van der Waals surface area contributed by atoms with E-state index in [1.54, 1.807) is 11.1 Å². The van der Waals surface area contributed by atoms with Crippen molar-refractivity contribution in [3.05, 3.63) is 71.6 Å². The molecule has 3 aromatic heterocycles. The van der Waals surface area contributed by atoms with Gasteiger partial charge in [-0.1, -0.05) is 6.07 Å². The summed E-state index contributed by atoms with van der Waals surface area (Å²) in [6.07, 6.45) is 8.60. The molecular formula is C30H29FN6O3. The highest BCUT2D eigenvalue weighted by atomic mass is 19.1. The predicted molar refractivity (Wildman–Crippen MR) is 148 cm³/mol. The molecule has 1 aromatic carbocycles. The molecule has 7 rings (SSSR count). The van der Waals surface area contributed by atoms with Gasteiger partial charge in [0.2, 0.25) is 5.91 Å². The summed E-state index contributed by atoms with van der Waals surface area (Å²) >= 11 is 0. The number of nitrogens with zero attached hydrogens (tertiary/aromatic N) is 6. The van der Waals surface area contributed by atoms with Crippen molar-refractivity contribution in [2.75, 3.05) is 26.2 Å². The monoisotopic (exact) mass is 540 g/mol. The molecule has 0 N–H and O–H groups in total. The van der Waals surface area contributed by atoms with Crippen molar-refractivity contribution in [3.8, 4) is 0 Å². The van der Waals surface area contributed by atoms with E-state index < -0.39 is 11.7 Å². The zero-order valence-electron chi connectivity index (χ0n) is 22.3. The van der Waals surface area contributed by atoms with E-state index in [1.165, 1.54) is 24.0 Å². The summed E-state index contributed by atoms with van der Waals surface area (Å²) in [6.45, 7) is 4.26. The van der Waals surface area contributed by atoms with Crippen LogP contribution >= 0.6 is 0 Å². The average molecular weight is 541 g/mol. The molecule has 0 bridgehead atoms. The van der Waals surface area contributed by atoms with Gasteiger partial charge in [0.15, 0.2) is 0 Å². The first-order valence-electron chi connectivity index (χ1n) is 13.7. The van der Waals surface area contributed by atoms with E-state index in [-0.39, 0.29) is 18.5 Å². The highest BCUT2D eigenvalue weighted by Crippen LogP contribution is 2.40. The van der Waals surface area contributed by atoms with Gasteiger partial charge in [-0.2, -0.15) is 0 Å². The number of fused-ring (bicyclic) bond motifs is 1. The van der Waals surface area contributed by atoms with E-state index >= 15 is 4.39 Å². The lowest BCUT2D eigenvalue weighted by atomic mass is 9.98. The van der Waals surface area contributed by atoms with Crippen molar-refractivity contribution < 1.29 is 18.8 Å². The number of urea groups is 1. The molecule has 0 radical (unpaired) electrons. The van der Waals surface area contributed by atoms with Gasteiger partial charge < -0.3 is 14.4 Å². The van der Waals surface area contributed by atoms with Gasteiger partial charge in [0.1, 0.15) is 11.5 Å². The summed E-state index contributed by atoms with van der Waals surface area (Å²) in [6, 6.07) is 8.58. The molecular weight excluding hydrogens is 511 g/mol. The SMILES string of the molecule is CC(=O)N1CC(c2cnc3ccccn23)=C(c2cn3c4c(cc(F)cc24)CN(C(=O)N2CCCCC2)CC3)C1=O. The second-order valence-corrected chi connectivity index (χ2v) is 10.8. The van der Waals surface area contributed by atoms with E-state index in [9.17, 15) is 14.4 Å². The molecule has 3 aliphatic heterocycles. The number of piperidine rings is 1. The number of amides is 4. The van der Waals surface area contributed by atoms with Gasteiger partial charge in [0, 0.05) is 68.6 Å². The molecule has 40 heavy (non-hydrogen) atoms. The summed E-state index contributed by atoms with van der Waals surface area (Å²) in [5.74, 6) is -1.19. The maximum absolute atomic E-state index is 15.2. The third-order valence-electron chi connectivity index (χ3n) is 8.34. The number of benzene rings is 1. The molecule has 1 fully saturated rings. The smallest absolute Gasteiger partial charge is 0.320 e. The minimum absolute atomic E-state index is 0.0104. The number of hydrogen-bond donors (Lipinski definition) is 0. The summed E-state index contributed by atoms with van der Waals surface area (Å²) in [7, 11) is 0. The molecule has 1 saturated heterocycles. The number of carbonyl (C=O) groups excluding carboxylic acids is 3. The summed E-state index contributed by atoms with van der Waals surface area (Å²) in [5, 5.41) is 0.599. The van der Waals surface area contributed by atoms with Crippen molar-refractivity contribution >= 4 is 45.5 Å². The lowest BCUT2D eigenvalue weighted by Gasteiger charge is -2.32. The molecule has 0 aliphatic carbocycles. The van der Waals surface area contributed by atoms with Crippen molar-refractivity contribution in [3.63, 3.8) is 0 Å². The average Bonchev–Trinajstić information content (AvgIpc) is 3.60. The van der Waals surface area contributed by atoms with Crippen LogP contribution in [0.4, 0.5) is 9.18 Å². The van der Waals surface area contributed by atoms with Crippen LogP contribution < -0.4 is 0 Å². The summed E-state index contributed by atoms with van der Waals surface area (Å²) < 4.78 is 19.1. The highest BCUT2D eigenvalue weighted by Gasteiger charge is 2.37.